The van der Waals surface area contributed by atoms with Gasteiger partial charge in [0.2, 0.25) is 5.91 Å². The highest BCUT2D eigenvalue weighted by Crippen LogP contribution is 2.19. The maximum atomic E-state index is 12.4. The van der Waals surface area contributed by atoms with Crippen molar-refractivity contribution >= 4 is 11.8 Å². The molecule has 3 rings (SSSR count). The highest BCUT2D eigenvalue weighted by molar-refractivity contribution is 5.80. The van der Waals surface area contributed by atoms with Crippen molar-refractivity contribution in [3.05, 3.63) is 65.7 Å². The molecule has 2 aromatic carbocycles. The van der Waals surface area contributed by atoms with Gasteiger partial charge >= 0.3 is 0 Å². The van der Waals surface area contributed by atoms with Crippen LogP contribution in [0.1, 0.15) is 24.0 Å². The second kappa shape index (κ2) is 9.21. The molecule has 0 atom stereocenters. The van der Waals surface area contributed by atoms with E-state index in [0.29, 0.717) is 32.5 Å². The predicted octanol–water partition coefficient (Wildman–Crippen LogP) is 2.93. The SMILES string of the molecule is Cc1ccccc1OCC(=O)N1CCC(C(=O)NCc2ccccc2)CC1. The molecule has 1 fully saturated rings. The normalized spacial score (nSPS) is 14.6. The average molecular weight is 366 g/mol. The third-order valence-corrected chi connectivity index (χ3v) is 4.97. The van der Waals surface area contributed by atoms with Crippen LogP contribution in [-0.2, 0) is 16.1 Å². The number of carbonyl (C=O) groups excluding carboxylic acids is 2. The lowest BCUT2D eigenvalue weighted by molar-refractivity contribution is -0.137. The summed E-state index contributed by atoms with van der Waals surface area (Å²) in [6, 6.07) is 17.5. The van der Waals surface area contributed by atoms with Crippen LogP contribution in [0.5, 0.6) is 5.75 Å². The Labute approximate surface area is 160 Å². The lowest BCUT2D eigenvalue weighted by Gasteiger charge is -2.31. The quantitative estimate of drug-likeness (QED) is 0.855. The van der Waals surface area contributed by atoms with Gasteiger partial charge in [0.05, 0.1) is 0 Å². The number of amides is 2. The maximum absolute atomic E-state index is 12.4. The van der Waals surface area contributed by atoms with Crippen LogP contribution in [0.3, 0.4) is 0 Å². The lowest BCUT2D eigenvalue weighted by atomic mass is 9.96. The summed E-state index contributed by atoms with van der Waals surface area (Å²) in [7, 11) is 0. The standard InChI is InChI=1S/C22H26N2O3/c1-17-7-5-6-10-20(17)27-16-21(25)24-13-11-19(12-14-24)22(26)23-15-18-8-3-2-4-9-18/h2-10,19H,11-16H2,1H3,(H,23,26). The number of likely N-dealkylation sites (tertiary alicyclic amines) is 1. The number of hydrogen-bond donors (Lipinski definition) is 1. The second-order valence-corrected chi connectivity index (χ2v) is 6.91. The molecular weight excluding hydrogens is 340 g/mol. The molecule has 0 saturated carbocycles. The number of benzene rings is 2. The van der Waals surface area contributed by atoms with E-state index in [0.717, 1.165) is 16.9 Å². The Hall–Kier alpha value is -2.82. The minimum absolute atomic E-state index is 0.0265. The number of ether oxygens (including phenoxy) is 1. The highest BCUT2D eigenvalue weighted by Gasteiger charge is 2.27. The minimum atomic E-state index is -0.0324. The maximum Gasteiger partial charge on any atom is 0.260 e. The van der Waals surface area contributed by atoms with Gasteiger partial charge in [-0.2, -0.15) is 0 Å². The molecule has 2 amide bonds. The molecule has 1 aliphatic heterocycles. The van der Waals surface area contributed by atoms with Gasteiger partial charge in [-0.3, -0.25) is 9.59 Å². The van der Waals surface area contributed by atoms with Crippen molar-refractivity contribution < 1.29 is 14.3 Å². The molecule has 0 aliphatic carbocycles. The molecular formula is C22H26N2O3. The van der Waals surface area contributed by atoms with Crippen LogP contribution in [0, 0.1) is 12.8 Å². The summed E-state index contributed by atoms with van der Waals surface area (Å²) in [5.41, 5.74) is 2.10. The summed E-state index contributed by atoms with van der Waals surface area (Å²) in [5, 5.41) is 3.00. The first-order chi connectivity index (χ1) is 13.1. The summed E-state index contributed by atoms with van der Waals surface area (Å²) >= 11 is 0. The number of piperidine rings is 1. The molecule has 0 unspecified atom stereocenters. The van der Waals surface area contributed by atoms with Crippen molar-refractivity contribution in [3.8, 4) is 5.75 Å². The Kier molecular flexibility index (Phi) is 6.47. The molecule has 1 aliphatic rings. The summed E-state index contributed by atoms with van der Waals surface area (Å²) < 4.78 is 5.64. The number of aryl methyl sites for hydroxylation is 1. The molecule has 5 heteroatoms. The van der Waals surface area contributed by atoms with E-state index in [4.69, 9.17) is 4.74 Å². The third kappa shape index (κ3) is 5.33. The zero-order valence-corrected chi connectivity index (χ0v) is 15.7. The molecule has 1 N–H and O–H groups in total. The van der Waals surface area contributed by atoms with Crippen LogP contribution in [0.25, 0.3) is 0 Å². The minimum Gasteiger partial charge on any atom is -0.484 e. The molecule has 1 saturated heterocycles. The smallest absolute Gasteiger partial charge is 0.260 e. The summed E-state index contributed by atoms with van der Waals surface area (Å²) in [4.78, 5) is 26.5. The van der Waals surface area contributed by atoms with Crippen molar-refractivity contribution in [1.29, 1.82) is 0 Å². The molecule has 0 spiro atoms. The van der Waals surface area contributed by atoms with E-state index in [9.17, 15) is 9.59 Å². The Balaban J connectivity index is 1.40. The average Bonchev–Trinajstić information content (AvgIpc) is 2.72. The van der Waals surface area contributed by atoms with Gasteiger partial charge in [-0.05, 0) is 37.0 Å². The molecule has 27 heavy (non-hydrogen) atoms. The summed E-state index contributed by atoms with van der Waals surface area (Å²) in [6.45, 7) is 3.73. The van der Waals surface area contributed by atoms with E-state index in [2.05, 4.69) is 5.32 Å². The number of rotatable bonds is 6. The van der Waals surface area contributed by atoms with Crippen LogP contribution >= 0.6 is 0 Å². The summed E-state index contributed by atoms with van der Waals surface area (Å²) in [6.07, 6.45) is 1.38. The largest absolute Gasteiger partial charge is 0.484 e. The third-order valence-electron chi connectivity index (χ3n) is 4.97. The molecule has 0 radical (unpaired) electrons. The molecule has 0 bridgehead atoms. The van der Waals surface area contributed by atoms with Gasteiger partial charge in [0, 0.05) is 25.6 Å². The zero-order chi connectivity index (χ0) is 19.1. The van der Waals surface area contributed by atoms with Crippen LogP contribution in [-0.4, -0.2) is 36.4 Å². The van der Waals surface area contributed by atoms with Crippen molar-refractivity contribution in [2.75, 3.05) is 19.7 Å². The second-order valence-electron chi connectivity index (χ2n) is 6.91. The fourth-order valence-corrected chi connectivity index (χ4v) is 3.27. The number of nitrogens with zero attached hydrogens (tertiary/aromatic N) is 1. The van der Waals surface area contributed by atoms with Crippen molar-refractivity contribution in [1.82, 2.24) is 10.2 Å². The Morgan fingerprint density at radius 1 is 1.04 bits per heavy atom. The monoisotopic (exact) mass is 366 g/mol. The van der Waals surface area contributed by atoms with Gasteiger partial charge in [0.15, 0.2) is 6.61 Å². The molecule has 1 heterocycles. The van der Waals surface area contributed by atoms with Gasteiger partial charge in [-0.25, -0.2) is 0 Å². The first-order valence-corrected chi connectivity index (χ1v) is 9.41. The molecule has 2 aromatic rings. The highest BCUT2D eigenvalue weighted by atomic mass is 16.5. The van der Waals surface area contributed by atoms with E-state index in [1.54, 1.807) is 4.90 Å². The van der Waals surface area contributed by atoms with E-state index < -0.39 is 0 Å². The zero-order valence-electron chi connectivity index (χ0n) is 15.7. The lowest BCUT2D eigenvalue weighted by Crippen LogP contribution is -2.44. The molecule has 5 nitrogen and oxygen atoms in total. The summed E-state index contributed by atoms with van der Waals surface area (Å²) in [5.74, 6) is 0.750. The number of carbonyl (C=O) groups is 2. The van der Waals surface area contributed by atoms with E-state index >= 15 is 0 Å². The van der Waals surface area contributed by atoms with Crippen molar-refractivity contribution in [2.24, 2.45) is 5.92 Å². The first-order valence-electron chi connectivity index (χ1n) is 9.41. The van der Waals surface area contributed by atoms with Gasteiger partial charge in [-0.15, -0.1) is 0 Å². The van der Waals surface area contributed by atoms with Crippen LogP contribution < -0.4 is 10.1 Å². The van der Waals surface area contributed by atoms with Crippen LogP contribution in [0.4, 0.5) is 0 Å². The Morgan fingerprint density at radius 2 is 1.70 bits per heavy atom. The Bertz CT molecular complexity index is 768. The van der Waals surface area contributed by atoms with Gasteiger partial charge < -0.3 is 15.0 Å². The van der Waals surface area contributed by atoms with Gasteiger partial charge in [0.25, 0.3) is 5.91 Å². The fraction of sp³-hybridized carbons (Fsp3) is 0.364. The number of nitrogens with one attached hydrogen (secondary N) is 1. The molecule has 0 aromatic heterocycles. The van der Waals surface area contributed by atoms with E-state index in [1.807, 2.05) is 61.5 Å². The topological polar surface area (TPSA) is 58.6 Å². The number of para-hydroxylation sites is 1. The van der Waals surface area contributed by atoms with Crippen LogP contribution in [0.15, 0.2) is 54.6 Å². The fourth-order valence-electron chi connectivity index (χ4n) is 3.27. The Morgan fingerprint density at radius 3 is 2.41 bits per heavy atom. The van der Waals surface area contributed by atoms with Crippen molar-refractivity contribution in [3.63, 3.8) is 0 Å². The van der Waals surface area contributed by atoms with Gasteiger partial charge in [-0.1, -0.05) is 48.5 Å². The predicted molar refractivity (Wildman–Crippen MR) is 104 cm³/mol. The van der Waals surface area contributed by atoms with E-state index in [-0.39, 0.29) is 24.3 Å². The van der Waals surface area contributed by atoms with E-state index in [1.165, 1.54) is 0 Å². The number of hydrogen-bond acceptors (Lipinski definition) is 3. The van der Waals surface area contributed by atoms with Crippen molar-refractivity contribution in [2.45, 2.75) is 26.3 Å². The van der Waals surface area contributed by atoms with Crippen LogP contribution in [0.2, 0.25) is 0 Å². The first kappa shape index (κ1) is 19.0. The van der Waals surface area contributed by atoms with Gasteiger partial charge in [0.1, 0.15) is 5.75 Å². The molecule has 142 valence electrons.